The molecular formula is C11H14O4. The third-order valence-electron chi connectivity index (χ3n) is 2.00. The van der Waals surface area contributed by atoms with Crippen LogP contribution in [0.3, 0.4) is 0 Å². The van der Waals surface area contributed by atoms with Gasteiger partial charge in [0.25, 0.3) is 0 Å². The van der Waals surface area contributed by atoms with Gasteiger partial charge < -0.3 is 14.6 Å². The van der Waals surface area contributed by atoms with Crippen molar-refractivity contribution in [3.8, 4) is 5.75 Å². The molecule has 0 fully saturated rings. The number of aliphatic hydroxyl groups is 1. The van der Waals surface area contributed by atoms with Crippen LogP contribution in [0.5, 0.6) is 5.75 Å². The molecule has 4 heteroatoms. The summed E-state index contributed by atoms with van der Waals surface area (Å²) in [5.74, 6) is 0.0620. The molecule has 0 spiro atoms. The smallest absolute Gasteiger partial charge is 0.197 e. The van der Waals surface area contributed by atoms with Crippen molar-refractivity contribution in [2.75, 3.05) is 20.8 Å². The molecule has 1 aromatic carbocycles. The second-order valence-corrected chi connectivity index (χ2v) is 3.04. The summed E-state index contributed by atoms with van der Waals surface area (Å²) in [6, 6.07) is 6.76. The Morgan fingerprint density at radius 1 is 1.40 bits per heavy atom. The largest absolute Gasteiger partial charge is 0.496 e. The molecule has 0 radical (unpaired) electrons. The third kappa shape index (κ3) is 2.78. The first-order valence-electron chi connectivity index (χ1n) is 4.55. The minimum Gasteiger partial charge on any atom is -0.496 e. The number of hydrogen-bond acceptors (Lipinski definition) is 4. The molecule has 0 aliphatic rings. The van der Waals surface area contributed by atoms with Gasteiger partial charge in [0.15, 0.2) is 5.78 Å². The monoisotopic (exact) mass is 210 g/mol. The fourth-order valence-corrected chi connectivity index (χ4v) is 1.26. The van der Waals surface area contributed by atoms with Crippen LogP contribution in [-0.4, -0.2) is 37.8 Å². The maximum absolute atomic E-state index is 11.7. The standard InChI is InChI=1S/C11H14O4/c1-14-7-9(12)11(13)8-5-3-4-6-10(8)15-2/h3-6,9,12H,7H2,1-2H3/t9-/m1/s1. The second kappa shape index (κ2) is 5.48. The summed E-state index contributed by atoms with van der Waals surface area (Å²) in [6.45, 7) is -0.0170. The summed E-state index contributed by atoms with van der Waals surface area (Å²) in [4.78, 5) is 11.7. The Morgan fingerprint density at radius 2 is 2.07 bits per heavy atom. The van der Waals surface area contributed by atoms with Gasteiger partial charge in [-0.15, -0.1) is 0 Å². The Bertz CT molecular complexity index is 335. The average Bonchev–Trinajstić information content (AvgIpc) is 2.28. The lowest BCUT2D eigenvalue weighted by Crippen LogP contribution is -2.25. The highest BCUT2D eigenvalue weighted by Crippen LogP contribution is 2.18. The molecule has 0 aromatic heterocycles. The van der Waals surface area contributed by atoms with Crippen LogP contribution in [0.2, 0.25) is 0 Å². The Balaban J connectivity index is 2.90. The van der Waals surface area contributed by atoms with Crippen LogP contribution in [0.15, 0.2) is 24.3 Å². The summed E-state index contributed by atoms with van der Waals surface area (Å²) in [5.41, 5.74) is 0.365. The number of para-hydroxylation sites is 1. The summed E-state index contributed by atoms with van der Waals surface area (Å²) in [5, 5.41) is 9.46. The van der Waals surface area contributed by atoms with Gasteiger partial charge in [0.2, 0.25) is 0 Å². The third-order valence-corrected chi connectivity index (χ3v) is 2.00. The van der Waals surface area contributed by atoms with Crippen molar-refractivity contribution < 1.29 is 19.4 Å². The van der Waals surface area contributed by atoms with Gasteiger partial charge in [-0.1, -0.05) is 12.1 Å². The molecule has 0 unspecified atom stereocenters. The topological polar surface area (TPSA) is 55.8 Å². The highest BCUT2D eigenvalue weighted by molar-refractivity contribution is 6.01. The van der Waals surface area contributed by atoms with Gasteiger partial charge in [0.05, 0.1) is 19.3 Å². The van der Waals surface area contributed by atoms with Gasteiger partial charge in [0, 0.05) is 7.11 Å². The summed E-state index contributed by atoms with van der Waals surface area (Å²) < 4.78 is 9.73. The van der Waals surface area contributed by atoms with E-state index in [4.69, 9.17) is 9.47 Å². The highest BCUT2D eigenvalue weighted by Gasteiger charge is 2.19. The molecule has 0 amide bonds. The fraction of sp³-hybridized carbons (Fsp3) is 0.364. The molecule has 1 atom stereocenters. The van der Waals surface area contributed by atoms with E-state index < -0.39 is 11.9 Å². The quantitative estimate of drug-likeness (QED) is 0.733. The van der Waals surface area contributed by atoms with Crippen LogP contribution >= 0.6 is 0 Å². The molecule has 0 bridgehead atoms. The Morgan fingerprint density at radius 3 is 2.67 bits per heavy atom. The highest BCUT2D eigenvalue weighted by atomic mass is 16.5. The molecule has 0 heterocycles. The van der Waals surface area contributed by atoms with E-state index in [1.54, 1.807) is 24.3 Å². The van der Waals surface area contributed by atoms with E-state index in [9.17, 15) is 9.90 Å². The number of rotatable bonds is 5. The van der Waals surface area contributed by atoms with Crippen molar-refractivity contribution in [2.24, 2.45) is 0 Å². The first kappa shape index (κ1) is 11.7. The molecule has 1 rings (SSSR count). The zero-order chi connectivity index (χ0) is 11.3. The van der Waals surface area contributed by atoms with Crippen LogP contribution in [0, 0.1) is 0 Å². The summed E-state index contributed by atoms with van der Waals surface area (Å²) in [7, 11) is 2.91. The number of methoxy groups -OCH3 is 2. The van der Waals surface area contributed by atoms with E-state index in [0.717, 1.165) is 0 Å². The maximum Gasteiger partial charge on any atom is 0.197 e. The molecule has 0 aliphatic heterocycles. The van der Waals surface area contributed by atoms with Crippen molar-refractivity contribution in [1.29, 1.82) is 0 Å². The predicted octanol–water partition coefficient (Wildman–Crippen LogP) is 0.885. The normalized spacial score (nSPS) is 12.2. The van der Waals surface area contributed by atoms with Crippen molar-refractivity contribution in [3.05, 3.63) is 29.8 Å². The number of hydrogen-bond donors (Lipinski definition) is 1. The first-order chi connectivity index (χ1) is 7.20. The van der Waals surface area contributed by atoms with Crippen molar-refractivity contribution in [3.63, 3.8) is 0 Å². The zero-order valence-corrected chi connectivity index (χ0v) is 8.77. The van der Waals surface area contributed by atoms with Crippen LogP contribution < -0.4 is 4.74 Å². The lowest BCUT2D eigenvalue weighted by atomic mass is 10.1. The van der Waals surface area contributed by atoms with Crippen LogP contribution in [-0.2, 0) is 4.74 Å². The molecule has 82 valence electrons. The van der Waals surface area contributed by atoms with Crippen LogP contribution in [0.4, 0.5) is 0 Å². The summed E-state index contributed by atoms with van der Waals surface area (Å²) >= 11 is 0. The Hall–Kier alpha value is -1.39. The molecule has 4 nitrogen and oxygen atoms in total. The molecule has 1 N–H and O–H groups in total. The van der Waals surface area contributed by atoms with E-state index in [-0.39, 0.29) is 6.61 Å². The fourth-order valence-electron chi connectivity index (χ4n) is 1.26. The van der Waals surface area contributed by atoms with Gasteiger partial charge in [-0.3, -0.25) is 4.79 Å². The molecule has 15 heavy (non-hydrogen) atoms. The first-order valence-corrected chi connectivity index (χ1v) is 4.55. The molecule has 0 saturated carbocycles. The second-order valence-electron chi connectivity index (χ2n) is 3.04. The van der Waals surface area contributed by atoms with Crippen molar-refractivity contribution in [1.82, 2.24) is 0 Å². The van der Waals surface area contributed by atoms with Crippen LogP contribution in [0.25, 0.3) is 0 Å². The van der Waals surface area contributed by atoms with E-state index in [2.05, 4.69) is 0 Å². The minimum absolute atomic E-state index is 0.0170. The van der Waals surface area contributed by atoms with Crippen molar-refractivity contribution >= 4 is 5.78 Å². The van der Waals surface area contributed by atoms with E-state index >= 15 is 0 Å². The lowest BCUT2D eigenvalue weighted by molar-refractivity contribution is 0.0474. The van der Waals surface area contributed by atoms with Gasteiger partial charge >= 0.3 is 0 Å². The number of carbonyl (C=O) groups excluding carboxylic acids is 1. The lowest BCUT2D eigenvalue weighted by Gasteiger charge is -2.11. The number of Topliss-reactive ketones (excluding diaryl/α,β-unsaturated/α-hetero) is 1. The Kier molecular flexibility index (Phi) is 4.27. The number of aliphatic hydroxyl groups excluding tert-OH is 1. The van der Waals surface area contributed by atoms with E-state index in [1.807, 2.05) is 0 Å². The van der Waals surface area contributed by atoms with Gasteiger partial charge in [-0.25, -0.2) is 0 Å². The maximum atomic E-state index is 11.7. The van der Waals surface area contributed by atoms with Gasteiger partial charge in [-0.05, 0) is 12.1 Å². The van der Waals surface area contributed by atoms with Crippen LogP contribution in [0.1, 0.15) is 10.4 Å². The van der Waals surface area contributed by atoms with E-state index in [0.29, 0.717) is 11.3 Å². The van der Waals surface area contributed by atoms with Gasteiger partial charge in [0.1, 0.15) is 11.9 Å². The predicted molar refractivity (Wildman–Crippen MR) is 55.2 cm³/mol. The Labute approximate surface area is 88.4 Å². The average molecular weight is 210 g/mol. The molecule has 1 aromatic rings. The number of ketones is 1. The molecule has 0 saturated heterocycles. The SMILES string of the molecule is COC[C@@H](O)C(=O)c1ccccc1OC. The number of benzene rings is 1. The van der Waals surface area contributed by atoms with Crippen molar-refractivity contribution in [2.45, 2.75) is 6.10 Å². The molecular weight excluding hydrogens is 196 g/mol. The van der Waals surface area contributed by atoms with Gasteiger partial charge in [-0.2, -0.15) is 0 Å². The minimum atomic E-state index is -1.15. The van der Waals surface area contributed by atoms with E-state index in [1.165, 1.54) is 14.2 Å². The molecule has 0 aliphatic carbocycles. The summed E-state index contributed by atoms with van der Waals surface area (Å²) in [6.07, 6.45) is -1.15. The number of carbonyl (C=O) groups is 1. The number of ether oxygens (including phenoxy) is 2. The zero-order valence-electron chi connectivity index (χ0n) is 8.77.